The normalized spacial score (nSPS) is 16.7. The minimum atomic E-state index is -3.52. The van der Waals surface area contributed by atoms with Crippen LogP contribution in [0, 0.1) is 0 Å². The van der Waals surface area contributed by atoms with E-state index in [-0.39, 0.29) is 48.7 Å². The van der Waals surface area contributed by atoms with Crippen LogP contribution in [0.2, 0.25) is 0 Å². The zero-order valence-electron chi connectivity index (χ0n) is 16.1. The zero-order chi connectivity index (χ0) is 19.9. The predicted molar refractivity (Wildman–Crippen MR) is 104 cm³/mol. The third-order valence-corrected chi connectivity index (χ3v) is 6.58. The summed E-state index contributed by atoms with van der Waals surface area (Å²) in [5.41, 5.74) is 0. The molecule has 0 saturated carbocycles. The molecular formula is C19H29N3O4S. The number of benzene rings is 1. The Morgan fingerprint density at radius 1 is 1.07 bits per heavy atom. The van der Waals surface area contributed by atoms with Crippen LogP contribution in [0.3, 0.4) is 0 Å². The average Bonchev–Trinajstić information content (AvgIpc) is 2.67. The molecule has 2 amide bonds. The van der Waals surface area contributed by atoms with Gasteiger partial charge in [0.15, 0.2) is 0 Å². The quantitative estimate of drug-likeness (QED) is 0.724. The second-order valence-electron chi connectivity index (χ2n) is 6.86. The van der Waals surface area contributed by atoms with Crippen molar-refractivity contribution in [3.63, 3.8) is 0 Å². The van der Waals surface area contributed by atoms with Crippen LogP contribution in [0.4, 0.5) is 0 Å². The molecule has 1 unspecified atom stereocenters. The van der Waals surface area contributed by atoms with Crippen molar-refractivity contribution in [3.05, 3.63) is 30.3 Å². The first-order chi connectivity index (χ1) is 12.8. The molecule has 0 radical (unpaired) electrons. The number of carbonyl (C=O) groups excluding carboxylic acids is 2. The number of piperazine rings is 1. The Hall–Kier alpha value is -1.93. The van der Waals surface area contributed by atoms with Gasteiger partial charge in [-0.1, -0.05) is 31.5 Å². The van der Waals surface area contributed by atoms with Gasteiger partial charge in [-0.15, -0.1) is 0 Å². The summed E-state index contributed by atoms with van der Waals surface area (Å²) in [4.78, 5) is 26.1. The molecule has 0 aromatic heterocycles. The van der Waals surface area contributed by atoms with Gasteiger partial charge in [-0.05, 0) is 25.5 Å². The van der Waals surface area contributed by atoms with Gasteiger partial charge >= 0.3 is 0 Å². The lowest BCUT2D eigenvalue weighted by molar-refractivity contribution is -0.134. The average molecular weight is 396 g/mol. The number of sulfonamides is 1. The minimum Gasteiger partial charge on any atom is -0.354 e. The van der Waals surface area contributed by atoms with E-state index >= 15 is 0 Å². The molecule has 0 spiro atoms. The highest BCUT2D eigenvalue weighted by molar-refractivity contribution is 7.89. The van der Waals surface area contributed by atoms with E-state index in [0.717, 1.165) is 12.8 Å². The van der Waals surface area contributed by atoms with Gasteiger partial charge in [0.25, 0.3) is 0 Å². The molecule has 2 rings (SSSR count). The van der Waals surface area contributed by atoms with Crippen molar-refractivity contribution in [1.82, 2.24) is 14.5 Å². The van der Waals surface area contributed by atoms with Gasteiger partial charge in [0.05, 0.1) is 4.90 Å². The minimum absolute atomic E-state index is 0.106. The maximum Gasteiger partial charge on any atom is 0.243 e. The van der Waals surface area contributed by atoms with Crippen molar-refractivity contribution < 1.29 is 18.0 Å². The molecule has 0 bridgehead atoms. The van der Waals surface area contributed by atoms with Crippen molar-refractivity contribution in [2.75, 3.05) is 26.2 Å². The number of nitrogens with zero attached hydrogens (tertiary/aromatic N) is 2. The van der Waals surface area contributed by atoms with Crippen LogP contribution in [0.15, 0.2) is 35.2 Å². The van der Waals surface area contributed by atoms with Crippen molar-refractivity contribution in [2.24, 2.45) is 0 Å². The number of hydrogen-bond donors (Lipinski definition) is 1. The lowest BCUT2D eigenvalue weighted by Crippen LogP contribution is -2.50. The Labute approximate surface area is 161 Å². The number of nitrogens with one attached hydrogen (secondary N) is 1. The van der Waals surface area contributed by atoms with E-state index in [1.54, 1.807) is 35.2 Å². The van der Waals surface area contributed by atoms with Gasteiger partial charge in [0, 0.05) is 45.1 Å². The monoisotopic (exact) mass is 395 g/mol. The van der Waals surface area contributed by atoms with Crippen molar-refractivity contribution in [3.8, 4) is 0 Å². The van der Waals surface area contributed by atoms with Gasteiger partial charge in [-0.3, -0.25) is 9.59 Å². The van der Waals surface area contributed by atoms with Crippen LogP contribution >= 0.6 is 0 Å². The van der Waals surface area contributed by atoms with Crippen molar-refractivity contribution >= 4 is 21.8 Å². The van der Waals surface area contributed by atoms with Crippen LogP contribution in [0.1, 0.15) is 39.5 Å². The molecule has 1 N–H and O–H groups in total. The highest BCUT2D eigenvalue weighted by atomic mass is 32.2. The highest BCUT2D eigenvalue weighted by Gasteiger charge is 2.29. The Kier molecular flexibility index (Phi) is 7.79. The van der Waals surface area contributed by atoms with Crippen LogP contribution < -0.4 is 5.32 Å². The number of carbonyl (C=O) groups is 2. The fourth-order valence-corrected chi connectivity index (χ4v) is 4.59. The zero-order valence-corrected chi connectivity index (χ0v) is 16.9. The summed E-state index contributed by atoms with van der Waals surface area (Å²) in [5.74, 6) is -0.223. The van der Waals surface area contributed by atoms with E-state index in [1.807, 2.05) is 6.92 Å². The second kappa shape index (κ2) is 9.85. The predicted octanol–water partition coefficient (Wildman–Crippen LogP) is 1.60. The Balaban J connectivity index is 1.80. The van der Waals surface area contributed by atoms with E-state index in [1.165, 1.54) is 4.31 Å². The largest absolute Gasteiger partial charge is 0.354 e. The highest BCUT2D eigenvalue weighted by Crippen LogP contribution is 2.17. The first-order valence-corrected chi connectivity index (χ1v) is 10.9. The molecule has 1 fully saturated rings. The number of amides is 2. The molecule has 7 nitrogen and oxygen atoms in total. The molecule has 1 aromatic rings. The molecular weight excluding hydrogens is 366 g/mol. The van der Waals surface area contributed by atoms with Gasteiger partial charge in [-0.25, -0.2) is 8.42 Å². The Morgan fingerprint density at radius 3 is 2.30 bits per heavy atom. The molecule has 1 atom stereocenters. The fourth-order valence-electron chi connectivity index (χ4n) is 3.15. The summed E-state index contributed by atoms with van der Waals surface area (Å²) in [5, 5.41) is 2.89. The summed E-state index contributed by atoms with van der Waals surface area (Å²) in [6.07, 6.45) is 2.22. The SMILES string of the molecule is CCCC(C)NC(=O)CCC(=O)N1CCN(S(=O)(=O)c2ccccc2)CC1. The third kappa shape index (κ3) is 6.04. The summed E-state index contributed by atoms with van der Waals surface area (Å²) in [7, 11) is -3.52. The number of hydrogen-bond acceptors (Lipinski definition) is 4. The smallest absolute Gasteiger partial charge is 0.243 e. The summed E-state index contributed by atoms with van der Waals surface area (Å²) in [6, 6.07) is 8.42. The van der Waals surface area contributed by atoms with Crippen LogP contribution in [-0.4, -0.2) is 61.7 Å². The molecule has 1 aromatic carbocycles. The lowest BCUT2D eigenvalue weighted by atomic mass is 10.2. The maximum absolute atomic E-state index is 12.6. The first-order valence-electron chi connectivity index (χ1n) is 9.47. The van der Waals surface area contributed by atoms with Crippen LogP contribution in [0.25, 0.3) is 0 Å². The van der Waals surface area contributed by atoms with Gasteiger partial charge < -0.3 is 10.2 Å². The summed E-state index contributed by atoms with van der Waals surface area (Å²) in [6.45, 7) is 5.24. The Morgan fingerprint density at radius 2 is 1.70 bits per heavy atom. The van der Waals surface area contributed by atoms with Crippen LogP contribution in [-0.2, 0) is 19.6 Å². The molecule has 150 valence electrons. The molecule has 1 saturated heterocycles. The molecule has 1 aliphatic rings. The van der Waals surface area contributed by atoms with Crippen molar-refractivity contribution in [1.29, 1.82) is 0 Å². The van der Waals surface area contributed by atoms with E-state index in [4.69, 9.17) is 0 Å². The molecule has 0 aliphatic carbocycles. The molecule has 8 heteroatoms. The third-order valence-electron chi connectivity index (χ3n) is 4.67. The van der Waals surface area contributed by atoms with E-state index in [0.29, 0.717) is 13.1 Å². The standard InChI is InChI=1S/C19H29N3O4S/c1-3-7-16(2)20-18(23)10-11-19(24)21-12-14-22(15-13-21)27(25,26)17-8-5-4-6-9-17/h4-6,8-9,16H,3,7,10-15H2,1-2H3,(H,20,23). The number of rotatable bonds is 8. The van der Waals surface area contributed by atoms with Crippen LogP contribution in [0.5, 0.6) is 0 Å². The topological polar surface area (TPSA) is 86.8 Å². The van der Waals surface area contributed by atoms with Gasteiger partial charge in [-0.2, -0.15) is 4.31 Å². The maximum atomic E-state index is 12.6. The van der Waals surface area contributed by atoms with Gasteiger partial charge in [0.1, 0.15) is 0 Å². The lowest BCUT2D eigenvalue weighted by Gasteiger charge is -2.34. The summed E-state index contributed by atoms with van der Waals surface area (Å²) < 4.78 is 26.6. The summed E-state index contributed by atoms with van der Waals surface area (Å²) >= 11 is 0. The second-order valence-corrected chi connectivity index (χ2v) is 8.79. The van der Waals surface area contributed by atoms with E-state index in [2.05, 4.69) is 12.2 Å². The molecule has 27 heavy (non-hydrogen) atoms. The van der Waals surface area contributed by atoms with Crippen molar-refractivity contribution in [2.45, 2.75) is 50.5 Å². The Bertz CT molecular complexity index is 729. The first kappa shape index (κ1) is 21.4. The molecule has 1 heterocycles. The molecule has 1 aliphatic heterocycles. The van der Waals surface area contributed by atoms with Gasteiger partial charge in [0.2, 0.25) is 21.8 Å². The van der Waals surface area contributed by atoms with E-state index in [9.17, 15) is 18.0 Å². The van der Waals surface area contributed by atoms with E-state index < -0.39 is 10.0 Å². The fraction of sp³-hybridized carbons (Fsp3) is 0.579.